The number of fused-ring (bicyclic) bond motifs is 2. The van der Waals surface area contributed by atoms with E-state index in [0.29, 0.717) is 17.9 Å². The Kier molecular flexibility index (Phi) is 3.88. The van der Waals surface area contributed by atoms with Gasteiger partial charge in [0.1, 0.15) is 0 Å². The highest BCUT2D eigenvalue weighted by molar-refractivity contribution is 6.47. The van der Waals surface area contributed by atoms with Crippen molar-refractivity contribution in [3.8, 4) is 0 Å². The van der Waals surface area contributed by atoms with Gasteiger partial charge in [0.25, 0.3) is 0 Å². The van der Waals surface area contributed by atoms with Crippen LogP contribution in [-0.4, -0.2) is 28.1 Å². The SMILES string of the molecule is Cc1cc2[nH]cc(C(=O)C3=NCC(c4c[nH]c5cc(C)c(C)cc45)N3)c2cc1C. The molecule has 5 heteroatoms. The van der Waals surface area contributed by atoms with Gasteiger partial charge in [-0.05, 0) is 74.2 Å². The van der Waals surface area contributed by atoms with Gasteiger partial charge >= 0.3 is 0 Å². The predicted octanol–water partition coefficient (Wildman–Crippen LogP) is 4.81. The van der Waals surface area contributed by atoms with Crippen molar-refractivity contribution in [2.45, 2.75) is 33.7 Å². The minimum atomic E-state index is -0.0612. The third-order valence-electron chi connectivity index (χ3n) is 6.20. The van der Waals surface area contributed by atoms with Crippen LogP contribution in [0.3, 0.4) is 0 Å². The molecule has 29 heavy (non-hydrogen) atoms. The predicted molar refractivity (Wildman–Crippen MR) is 118 cm³/mol. The van der Waals surface area contributed by atoms with Crippen LogP contribution in [0, 0.1) is 27.7 Å². The summed E-state index contributed by atoms with van der Waals surface area (Å²) in [6.07, 6.45) is 3.82. The Morgan fingerprint density at radius 3 is 2.17 bits per heavy atom. The van der Waals surface area contributed by atoms with Crippen LogP contribution in [0.2, 0.25) is 0 Å². The summed E-state index contributed by atoms with van der Waals surface area (Å²) < 4.78 is 0. The summed E-state index contributed by atoms with van der Waals surface area (Å²) in [5, 5.41) is 5.50. The first-order valence-corrected chi connectivity index (χ1v) is 9.94. The number of aromatic nitrogens is 2. The van der Waals surface area contributed by atoms with Crippen LogP contribution >= 0.6 is 0 Å². The smallest absolute Gasteiger partial charge is 0.229 e. The largest absolute Gasteiger partial charge is 0.361 e. The Hall–Kier alpha value is -3.34. The van der Waals surface area contributed by atoms with Gasteiger partial charge in [-0.25, -0.2) is 0 Å². The van der Waals surface area contributed by atoms with E-state index in [1.165, 1.54) is 27.6 Å². The van der Waals surface area contributed by atoms with Gasteiger partial charge in [0, 0.05) is 39.8 Å². The van der Waals surface area contributed by atoms with E-state index in [0.717, 1.165) is 22.0 Å². The first-order chi connectivity index (χ1) is 13.9. The number of hydrogen-bond donors (Lipinski definition) is 3. The number of aryl methyl sites for hydroxylation is 4. The molecule has 0 saturated heterocycles. The van der Waals surface area contributed by atoms with E-state index in [9.17, 15) is 4.79 Å². The van der Waals surface area contributed by atoms with E-state index < -0.39 is 0 Å². The third kappa shape index (κ3) is 2.77. The molecule has 3 N–H and O–H groups in total. The zero-order chi connectivity index (χ0) is 20.3. The highest BCUT2D eigenvalue weighted by Crippen LogP contribution is 2.29. The molecule has 1 aliphatic heterocycles. The number of nitrogens with one attached hydrogen (secondary N) is 3. The third-order valence-corrected chi connectivity index (χ3v) is 6.20. The minimum Gasteiger partial charge on any atom is -0.361 e. The van der Waals surface area contributed by atoms with Crippen molar-refractivity contribution in [3.63, 3.8) is 0 Å². The molecule has 5 nitrogen and oxygen atoms in total. The summed E-state index contributed by atoms with van der Waals surface area (Å²) in [4.78, 5) is 24.3. The number of amidine groups is 1. The van der Waals surface area contributed by atoms with E-state index in [-0.39, 0.29) is 11.8 Å². The van der Waals surface area contributed by atoms with Gasteiger partial charge in [-0.1, -0.05) is 0 Å². The molecule has 2 aromatic carbocycles. The van der Waals surface area contributed by atoms with Crippen molar-refractivity contribution in [3.05, 3.63) is 70.0 Å². The first kappa shape index (κ1) is 17.7. The fourth-order valence-electron chi connectivity index (χ4n) is 4.15. The average Bonchev–Trinajstić information content (AvgIpc) is 3.41. The summed E-state index contributed by atoms with van der Waals surface area (Å²) in [7, 11) is 0. The summed E-state index contributed by atoms with van der Waals surface area (Å²) in [5.41, 5.74) is 8.83. The molecule has 0 bridgehead atoms. The lowest BCUT2D eigenvalue weighted by Gasteiger charge is -2.11. The second-order valence-electron chi connectivity index (χ2n) is 8.13. The van der Waals surface area contributed by atoms with Crippen LogP contribution < -0.4 is 5.32 Å². The van der Waals surface area contributed by atoms with E-state index in [4.69, 9.17) is 0 Å². The van der Waals surface area contributed by atoms with E-state index >= 15 is 0 Å². The number of rotatable bonds is 3. The molecular weight excluding hydrogens is 360 g/mol. The maximum absolute atomic E-state index is 13.2. The van der Waals surface area contributed by atoms with Gasteiger partial charge in [-0.3, -0.25) is 9.79 Å². The number of H-pyrrole nitrogens is 2. The van der Waals surface area contributed by atoms with Gasteiger partial charge in [0.2, 0.25) is 5.78 Å². The zero-order valence-corrected chi connectivity index (χ0v) is 17.1. The molecule has 1 atom stereocenters. The standard InChI is InChI=1S/C24H24N4O/c1-12-5-16-18(9-25-20(16)7-14(12)3)22-11-27-24(28-22)23(29)19-10-26-21-8-15(4)13(2)6-17(19)21/h5-10,22,25-26H,11H2,1-4H3,(H,27,28). The molecule has 0 amide bonds. The molecule has 0 aliphatic carbocycles. The molecule has 4 aromatic rings. The van der Waals surface area contributed by atoms with E-state index in [1.807, 2.05) is 6.20 Å². The Morgan fingerprint density at radius 2 is 1.45 bits per heavy atom. The quantitative estimate of drug-likeness (QED) is 0.444. The van der Waals surface area contributed by atoms with Crippen molar-refractivity contribution in [1.29, 1.82) is 0 Å². The van der Waals surface area contributed by atoms with Crippen molar-refractivity contribution >= 4 is 33.4 Å². The fraction of sp³-hybridized carbons (Fsp3) is 0.250. The molecule has 0 fully saturated rings. The zero-order valence-electron chi connectivity index (χ0n) is 17.1. The number of Topliss-reactive ketones (excluding diaryl/α,β-unsaturated/α-hetero) is 1. The van der Waals surface area contributed by atoms with Crippen LogP contribution in [0.15, 0.2) is 41.7 Å². The van der Waals surface area contributed by atoms with Gasteiger partial charge in [-0.15, -0.1) is 0 Å². The highest BCUT2D eigenvalue weighted by atomic mass is 16.1. The molecule has 1 unspecified atom stereocenters. The van der Waals surface area contributed by atoms with E-state index in [1.54, 1.807) is 6.20 Å². The van der Waals surface area contributed by atoms with Crippen molar-refractivity contribution in [2.24, 2.45) is 4.99 Å². The van der Waals surface area contributed by atoms with Crippen LogP contribution in [0.5, 0.6) is 0 Å². The minimum absolute atomic E-state index is 0.000933. The number of aromatic amines is 2. The average molecular weight is 384 g/mol. The molecule has 3 heterocycles. The van der Waals surface area contributed by atoms with Crippen molar-refractivity contribution in [2.75, 3.05) is 6.54 Å². The highest BCUT2D eigenvalue weighted by Gasteiger charge is 2.28. The molecule has 0 spiro atoms. The number of ketones is 1. The number of nitrogens with zero attached hydrogens (tertiary/aromatic N) is 1. The Bertz CT molecular complexity index is 1320. The second-order valence-corrected chi connectivity index (χ2v) is 8.13. The van der Waals surface area contributed by atoms with Gasteiger partial charge in [0.05, 0.1) is 18.2 Å². The summed E-state index contributed by atoms with van der Waals surface area (Å²) in [6, 6.07) is 8.55. The number of aliphatic imine (C=N–C) groups is 1. The molecular formula is C24H24N4O. The molecule has 5 rings (SSSR count). The van der Waals surface area contributed by atoms with Crippen molar-refractivity contribution < 1.29 is 4.79 Å². The Morgan fingerprint density at radius 1 is 0.862 bits per heavy atom. The van der Waals surface area contributed by atoms with Gasteiger partial charge in [0.15, 0.2) is 5.84 Å². The monoisotopic (exact) mass is 384 g/mol. The van der Waals surface area contributed by atoms with Crippen LogP contribution in [0.4, 0.5) is 0 Å². The molecule has 146 valence electrons. The summed E-state index contributed by atoms with van der Waals surface area (Å²) in [6.45, 7) is 8.95. The van der Waals surface area contributed by atoms with Crippen LogP contribution in [0.1, 0.15) is 44.2 Å². The number of carbonyl (C=O) groups is 1. The van der Waals surface area contributed by atoms with Gasteiger partial charge in [-0.2, -0.15) is 0 Å². The molecule has 2 aromatic heterocycles. The van der Waals surface area contributed by atoms with Crippen LogP contribution in [0.25, 0.3) is 21.8 Å². The van der Waals surface area contributed by atoms with Gasteiger partial charge < -0.3 is 15.3 Å². The van der Waals surface area contributed by atoms with E-state index in [2.05, 4.69) is 72.2 Å². The fourth-order valence-corrected chi connectivity index (χ4v) is 4.15. The maximum atomic E-state index is 13.2. The summed E-state index contributed by atoms with van der Waals surface area (Å²) >= 11 is 0. The first-order valence-electron chi connectivity index (χ1n) is 9.94. The lowest BCUT2D eigenvalue weighted by molar-refractivity contribution is 0.106. The summed E-state index contributed by atoms with van der Waals surface area (Å²) in [5.74, 6) is 0.376. The topological polar surface area (TPSA) is 73.0 Å². The Labute approximate surface area is 169 Å². The number of benzene rings is 2. The number of hydrogen-bond acceptors (Lipinski definition) is 3. The van der Waals surface area contributed by atoms with Crippen molar-refractivity contribution in [1.82, 2.24) is 15.3 Å². The Balaban J connectivity index is 1.45. The number of carbonyl (C=O) groups excluding carboxylic acids is 1. The maximum Gasteiger partial charge on any atom is 0.229 e. The molecule has 0 saturated carbocycles. The lowest BCUT2D eigenvalue weighted by atomic mass is 10.0. The normalized spacial score (nSPS) is 16.4. The molecule has 1 aliphatic rings. The lowest BCUT2D eigenvalue weighted by Crippen LogP contribution is -2.29. The molecule has 0 radical (unpaired) electrons. The van der Waals surface area contributed by atoms with Crippen LogP contribution in [-0.2, 0) is 0 Å². The second kappa shape index (κ2) is 6.34.